The summed E-state index contributed by atoms with van der Waals surface area (Å²) in [5.41, 5.74) is 4.40. The highest BCUT2D eigenvalue weighted by Gasteiger charge is 2.15. The molecule has 92 valence electrons. The Hall–Kier alpha value is -2.02. The molecule has 18 heavy (non-hydrogen) atoms. The smallest absolute Gasteiger partial charge is 0.118 e. The first-order chi connectivity index (χ1) is 8.59. The van der Waals surface area contributed by atoms with E-state index in [9.17, 15) is 5.11 Å². The molecule has 2 aromatic rings. The molecular weight excluding hydrogens is 220 g/mol. The van der Waals surface area contributed by atoms with Gasteiger partial charge >= 0.3 is 0 Å². The normalized spacial score (nSPS) is 12.1. The van der Waals surface area contributed by atoms with Gasteiger partial charge < -0.3 is 5.11 Å². The van der Waals surface area contributed by atoms with E-state index >= 15 is 0 Å². The molecule has 0 radical (unpaired) electrons. The van der Waals surface area contributed by atoms with Gasteiger partial charge in [-0.25, -0.2) is 0 Å². The van der Waals surface area contributed by atoms with Crippen molar-refractivity contribution in [3.8, 4) is 5.75 Å². The summed E-state index contributed by atoms with van der Waals surface area (Å²) in [7, 11) is 0. The molecule has 0 aliphatic carbocycles. The molecule has 0 bridgehead atoms. The fourth-order valence-corrected chi connectivity index (χ4v) is 2.27. The number of hydrogen-bond acceptors (Lipinski definition) is 1. The van der Waals surface area contributed by atoms with Crippen molar-refractivity contribution < 1.29 is 5.11 Å². The van der Waals surface area contributed by atoms with Crippen molar-refractivity contribution in [2.45, 2.75) is 19.8 Å². The average molecular weight is 238 g/mol. The SMILES string of the molecule is C=C(C)C(c1ccccc1)c1ccc(O)c(C)c1. The molecule has 2 aromatic carbocycles. The van der Waals surface area contributed by atoms with E-state index < -0.39 is 0 Å². The Labute approximate surface area is 108 Å². The van der Waals surface area contributed by atoms with Crippen molar-refractivity contribution in [3.63, 3.8) is 0 Å². The van der Waals surface area contributed by atoms with Crippen LogP contribution in [-0.2, 0) is 0 Å². The van der Waals surface area contributed by atoms with Crippen molar-refractivity contribution >= 4 is 0 Å². The summed E-state index contributed by atoms with van der Waals surface area (Å²) in [5, 5.41) is 9.61. The summed E-state index contributed by atoms with van der Waals surface area (Å²) in [6.45, 7) is 8.06. The van der Waals surface area contributed by atoms with E-state index in [1.165, 1.54) is 11.1 Å². The monoisotopic (exact) mass is 238 g/mol. The van der Waals surface area contributed by atoms with Crippen LogP contribution >= 0.6 is 0 Å². The second-order valence-corrected chi connectivity index (χ2v) is 4.74. The van der Waals surface area contributed by atoms with E-state index in [1.807, 2.05) is 44.2 Å². The number of rotatable bonds is 3. The first-order valence-electron chi connectivity index (χ1n) is 6.09. The maximum absolute atomic E-state index is 9.61. The molecule has 0 fully saturated rings. The molecule has 1 heteroatoms. The number of benzene rings is 2. The number of hydrogen-bond donors (Lipinski definition) is 1. The number of phenols is 1. The van der Waals surface area contributed by atoms with Crippen LogP contribution in [0.25, 0.3) is 0 Å². The quantitative estimate of drug-likeness (QED) is 0.785. The number of aryl methyl sites for hydroxylation is 1. The van der Waals surface area contributed by atoms with Crippen LogP contribution in [-0.4, -0.2) is 5.11 Å². The molecule has 0 aliphatic rings. The molecule has 0 spiro atoms. The van der Waals surface area contributed by atoms with Crippen LogP contribution < -0.4 is 0 Å². The maximum Gasteiger partial charge on any atom is 0.118 e. The largest absolute Gasteiger partial charge is 0.508 e. The fraction of sp³-hybridized carbons (Fsp3) is 0.176. The highest BCUT2D eigenvalue weighted by atomic mass is 16.3. The van der Waals surface area contributed by atoms with Gasteiger partial charge in [-0.05, 0) is 36.6 Å². The second-order valence-electron chi connectivity index (χ2n) is 4.74. The summed E-state index contributed by atoms with van der Waals surface area (Å²) in [6, 6.07) is 16.1. The Kier molecular flexibility index (Phi) is 3.52. The van der Waals surface area contributed by atoms with Gasteiger partial charge in [0.2, 0.25) is 0 Å². The Bertz CT molecular complexity index is 555. The summed E-state index contributed by atoms with van der Waals surface area (Å²) in [4.78, 5) is 0. The van der Waals surface area contributed by atoms with Crippen LogP contribution in [0.4, 0.5) is 0 Å². The lowest BCUT2D eigenvalue weighted by Gasteiger charge is -2.19. The minimum absolute atomic E-state index is 0.186. The van der Waals surface area contributed by atoms with Crippen molar-refractivity contribution in [1.82, 2.24) is 0 Å². The lowest BCUT2D eigenvalue weighted by Crippen LogP contribution is -2.02. The third-order valence-corrected chi connectivity index (χ3v) is 3.18. The Morgan fingerprint density at radius 2 is 1.72 bits per heavy atom. The van der Waals surface area contributed by atoms with Crippen molar-refractivity contribution in [1.29, 1.82) is 0 Å². The van der Waals surface area contributed by atoms with Crippen LogP contribution in [0.3, 0.4) is 0 Å². The molecular formula is C17H18O. The number of allylic oxidation sites excluding steroid dienone is 1. The maximum atomic E-state index is 9.61. The summed E-state index contributed by atoms with van der Waals surface area (Å²) >= 11 is 0. The van der Waals surface area contributed by atoms with Crippen LogP contribution in [0.2, 0.25) is 0 Å². The zero-order valence-electron chi connectivity index (χ0n) is 10.9. The standard InChI is InChI=1S/C17H18O/c1-12(2)17(14-7-5-4-6-8-14)15-9-10-16(18)13(3)11-15/h4-11,17-18H,1H2,2-3H3. The van der Waals surface area contributed by atoms with Crippen LogP contribution in [0, 0.1) is 6.92 Å². The van der Waals surface area contributed by atoms with E-state index in [0.717, 1.165) is 11.1 Å². The first-order valence-corrected chi connectivity index (χ1v) is 6.09. The molecule has 0 aromatic heterocycles. The van der Waals surface area contributed by atoms with Crippen molar-refractivity contribution in [3.05, 3.63) is 77.4 Å². The van der Waals surface area contributed by atoms with Gasteiger partial charge in [-0.15, -0.1) is 0 Å². The summed E-state index contributed by atoms with van der Waals surface area (Å²) < 4.78 is 0. The van der Waals surface area contributed by atoms with Crippen molar-refractivity contribution in [2.24, 2.45) is 0 Å². The lowest BCUT2D eigenvalue weighted by atomic mass is 9.85. The minimum Gasteiger partial charge on any atom is -0.508 e. The summed E-state index contributed by atoms with van der Waals surface area (Å²) in [5.74, 6) is 0.526. The molecule has 1 unspecified atom stereocenters. The lowest BCUT2D eigenvalue weighted by molar-refractivity contribution is 0.471. The molecule has 0 saturated carbocycles. The molecule has 0 amide bonds. The van der Waals surface area contributed by atoms with E-state index in [0.29, 0.717) is 5.75 Å². The van der Waals surface area contributed by atoms with Gasteiger partial charge in [-0.1, -0.05) is 54.6 Å². The molecule has 0 heterocycles. The molecule has 2 rings (SSSR count). The van der Waals surface area contributed by atoms with Crippen LogP contribution in [0.15, 0.2) is 60.7 Å². The first kappa shape index (κ1) is 12.4. The van der Waals surface area contributed by atoms with E-state index in [2.05, 4.69) is 18.7 Å². The average Bonchev–Trinajstić information content (AvgIpc) is 2.35. The Morgan fingerprint density at radius 1 is 1.06 bits per heavy atom. The molecule has 0 aliphatic heterocycles. The van der Waals surface area contributed by atoms with Crippen LogP contribution in [0.5, 0.6) is 5.75 Å². The van der Waals surface area contributed by atoms with Gasteiger partial charge in [0.05, 0.1) is 0 Å². The van der Waals surface area contributed by atoms with Gasteiger partial charge in [0.15, 0.2) is 0 Å². The predicted octanol–water partition coefficient (Wildman–Crippen LogP) is 4.41. The van der Waals surface area contributed by atoms with Crippen LogP contribution in [0.1, 0.15) is 29.5 Å². The molecule has 0 saturated heterocycles. The van der Waals surface area contributed by atoms with Gasteiger partial charge in [-0.2, -0.15) is 0 Å². The highest BCUT2D eigenvalue weighted by Crippen LogP contribution is 2.32. The molecule has 1 nitrogen and oxygen atoms in total. The topological polar surface area (TPSA) is 20.2 Å². The van der Waals surface area contributed by atoms with Gasteiger partial charge in [-0.3, -0.25) is 0 Å². The Balaban J connectivity index is 2.49. The third kappa shape index (κ3) is 2.45. The number of phenolic OH excluding ortho intramolecular Hbond substituents is 1. The van der Waals surface area contributed by atoms with Gasteiger partial charge in [0.1, 0.15) is 5.75 Å². The van der Waals surface area contributed by atoms with E-state index in [-0.39, 0.29) is 5.92 Å². The zero-order chi connectivity index (χ0) is 13.1. The predicted molar refractivity (Wildman–Crippen MR) is 75.9 cm³/mol. The van der Waals surface area contributed by atoms with Gasteiger partial charge in [0.25, 0.3) is 0 Å². The number of aromatic hydroxyl groups is 1. The van der Waals surface area contributed by atoms with E-state index in [1.54, 1.807) is 6.07 Å². The third-order valence-electron chi connectivity index (χ3n) is 3.18. The van der Waals surface area contributed by atoms with Gasteiger partial charge in [0, 0.05) is 5.92 Å². The second kappa shape index (κ2) is 5.09. The fourth-order valence-electron chi connectivity index (χ4n) is 2.27. The molecule has 1 N–H and O–H groups in total. The van der Waals surface area contributed by atoms with E-state index in [4.69, 9.17) is 0 Å². The highest BCUT2D eigenvalue weighted by molar-refractivity contribution is 5.44. The van der Waals surface area contributed by atoms with Crippen molar-refractivity contribution in [2.75, 3.05) is 0 Å². The Morgan fingerprint density at radius 3 is 2.28 bits per heavy atom. The minimum atomic E-state index is 0.186. The summed E-state index contributed by atoms with van der Waals surface area (Å²) in [6.07, 6.45) is 0. The zero-order valence-corrected chi connectivity index (χ0v) is 10.9. The molecule has 1 atom stereocenters.